The number of anilines is 1. The van der Waals surface area contributed by atoms with E-state index in [9.17, 15) is 14.0 Å². The lowest BCUT2D eigenvalue weighted by molar-refractivity contribution is -0.132. The Labute approximate surface area is 189 Å². The van der Waals surface area contributed by atoms with Gasteiger partial charge in [0.2, 0.25) is 11.8 Å². The highest BCUT2D eigenvalue weighted by atomic mass is 19.1. The minimum Gasteiger partial charge on any atom is -0.457 e. The van der Waals surface area contributed by atoms with Crippen molar-refractivity contribution < 1.29 is 18.7 Å². The Bertz CT molecular complexity index is 1350. The van der Waals surface area contributed by atoms with Crippen molar-refractivity contribution in [1.29, 1.82) is 0 Å². The number of primary amides is 1. The number of aromatic nitrogens is 1. The summed E-state index contributed by atoms with van der Waals surface area (Å²) in [6.07, 6.45) is 2.00. The average molecular weight is 441 g/mol. The molecule has 0 bridgehead atoms. The fourth-order valence-corrected chi connectivity index (χ4v) is 4.13. The molecule has 0 aliphatic heterocycles. The summed E-state index contributed by atoms with van der Waals surface area (Å²) in [6, 6.07) is 22.1. The standard InChI is InChI=1S/C26H20FN3O3/c27-17-7-9-18(10-8-17)30-25(32)26(24(28)31)15-21(26)16-5-11-19(12-6-16)33-23-13-14-29-22-4-2-1-3-20(22)23/h1-14,21H,15H2,(H2,28,31)(H,30,32). The highest BCUT2D eigenvalue weighted by Crippen LogP contribution is 2.60. The van der Waals surface area contributed by atoms with Gasteiger partial charge in [-0.05, 0) is 66.6 Å². The second kappa shape index (κ2) is 8.02. The van der Waals surface area contributed by atoms with Crippen LogP contribution in [0.1, 0.15) is 17.9 Å². The van der Waals surface area contributed by atoms with Crippen molar-refractivity contribution in [1.82, 2.24) is 4.98 Å². The lowest BCUT2D eigenvalue weighted by atomic mass is 9.97. The second-order valence-electron chi connectivity index (χ2n) is 8.05. The Morgan fingerprint density at radius 1 is 1.00 bits per heavy atom. The van der Waals surface area contributed by atoms with Crippen LogP contribution in [0.3, 0.4) is 0 Å². The highest BCUT2D eigenvalue weighted by molar-refractivity contribution is 6.14. The molecule has 0 saturated heterocycles. The first-order chi connectivity index (χ1) is 16.0. The van der Waals surface area contributed by atoms with E-state index in [0.717, 1.165) is 16.5 Å². The predicted molar refractivity (Wildman–Crippen MR) is 122 cm³/mol. The van der Waals surface area contributed by atoms with E-state index in [1.165, 1.54) is 24.3 Å². The number of hydrogen-bond acceptors (Lipinski definition) is 4. The van der Waals surface area contributed by atoms with Crippen molar-refractivity contribution >= 4 is 28.4 Å². The molecular formula is C26H20FN3O3. The monoisotopic (exact) mass is 441 g/mol. The summed E-state index contributed by atoms with van der Waals surface area (Å²) in [6.45, 7) is 0. The van der Waals surface area contributed by atoms with Crippen LogP contribution >= 0.6 is 0 Å². The van der Waals surface area contributed by atoms with Crippen LogP contribution in [-0.2, 0) is 9.59 Å². The van der Waals surface area contributed by atoms with Crippen molar-refractivity contribution in [3.8, 4) is 11.5 Å². The van der Waals surface area contributed by atoms with E-state index in [1.807, 2.05) is 36.4 Å². The van der Waals surface area contributed by atoms with E-state index in [2.05, 4.69) is 10.3 Å². The fourth-order valence-electron chi connectivity index (χ4n) is 4.13. The molecule has 1 fully saturated rings. The van der Waals surface area contributed by atoms with E-state index in [4.69, 9.17) is 10.5 Å². The van der Waals surface area contributed by atoms with Crippen LogP contribution in [0.15, 0.2) is 85.1 Å². The number of pyridine rings is 1. The van der Waals surface area contributed by atoms with Gasteiger partial charge in [0.05, 0.1) is 5.52 Å². The number of fused-ring (bicyclic) bond motifs is 1. The number of para-hydroxylation sites is 1. The molecule has 2 unspecified atom stereocenters. The molecule has 2 atom stereocenters. The zero-order valence-corrected chi connectivity index (χ0v) is 17.5. The molecule has 33 heavy (non-hydrogen) atoms. The quantitative estimate of drug-likeness (QED) is 0.422. The molecule has 1 aliphatic carbocycles. The molecule has 0 radical (unpaired) electrons. The SMILES string of the molecule is NC(=O)C1(C(=O)Nc2ccc(F)cc2)CC1c1ccc(Oc2ccnc3ccccc23)cc1. The lowest BCUT2D eigenvalue weighted by Gasteiger charge is -2.15. The van der Waals surface area contributed by atoms with Crippen molar-refractivity contribution in [2.24, 2.45) is 11.1 Å². The van der Waals surface area contributed by atoms with Gasteiger partial charge in [0.15, 0.2) is 0 Å². The number of nitrogens with one attached hydrogen (secondary N) is 1. The number of amides is 2. The van der Waals surface area contributed by atoms with Crippen LogP contribution in [0.5, 0.6) is 11.5 Å². The summed E-state index contributed by atoms with van der Waals surface area (Å²) < 4.78 is 19.2. The normalized spacial score (nSPS) is 19.1. The van der Waals surface area contributed by atoms with Gasteiger partial charge in [0.1, 0.15) is 22.7 Å². The van der Waals surface area contributed by atoms with Gasteiger partial charge in [0, 0.05) is 23.2 Å². The summed E-state index contributed by atoms with van der Waals surface area (Å²) in [5.74, 6) is -0.623. The maximum absolute atomic E-state index is 13.1. The number of benzene rings is 3. The van der Waals surface area contributed by atoms with Crippen LogP contribution in [0.25, 0.3) is 10.9 Å². The molecule has 6 nitrogen and oxygen atoms in total. The third kappa shape index (κ3) is 3.78. The van der Waals surface area contributed by atoms with E-state index >= 15 is 0 Å². The van der Waals surface area contributed by atoms with E-state index in [-0.39, 0.29) is 5.92 Å². The van der Waals surface area contributed by atoms with Crippen molar-refractivity contribution in [2.75, 3.05) is 5.32 Å². The number of carbonyl (C=O) groups excluding carboxylic acids is 2. The number of nitrogens with zero attached hydrogens (tertiary/aromatic N) is 1. The molecule has 3 N–H and O–H groups in total. The van der Waals surface area contributed by atoms with Crippen LogP contribution in [0.4, 0.5) is 10.1 Å². The van der Waals surface area contributed by atoms with E-state index in [1.54, 1.807) is 24.4 Å². The minimum atomic E-state index is -1.34. The van der Waals surface area contributed by atoms with Crippen LogP contribution in [-0.4, -0.2) is 16.8 Å². The number of carbonyl (C=O) groups is 2. The van der Waals surface area contributed by atoms with Crippen molar-refractivity contribution in [3.05, 3.63) is 96.4 Å². The summed E-state index contributed by atoms with van der Waals surface area (Å²) >= 11 is 0. The van der Waals surface area contributed by atoms with Gasteiger partial charge in [-0.25, -0.2) is 4.39 Å². The Hall–Kier alpha value is -4.26. The molecule has 164 valence electrons. The molecule has 1 heterocycles. The van der Waals surface area contributed by atoms with E-state index < -0.39 is 23.0 Å². The number of nitrogens with two attached hydrogens (primary N) is 1. The maximum Gasteiger partial charge on any atom is 0.240 e. The molecule has 5 rings (SSSR count). The summed E-state index contributed by atoms with van der Waals surface area (Å²) in [4.78, 5) is 29.5. The third-order valence-corrected chi connectivity index (χ3v) is 6.03. The first kappa shape index (κ1) is 20.6. The smallest absolute Gasteiger partial charge is 0.240 e. The second-order valence-corrected chi connectivity index (χ2v) is 8.05. The molecule has 1 aliphatic rings. The first-order valence-electron chi connectivity index (χ1n) is 10.5. The average Bonchev–Trinajstić information content (AvgIpc) is 3.59. The number of ether oxygens (including phenoxy) is 1. The van der Waals surface area contributed by atoms with E-state index in [0.29, 0.717) is 23.6 Å². The molecule has 3 aromatic carbocycles. The van der Waals surface area contributed by atoms with Gasteiger partial charge >= 0.3 is 0 Å². The van der Waals surface area contributed by atoms with Gasteiger partial charge in [-0.1, -0.05) is 24.3 Å². The Morgan fingerprint density at radius 3 is 2.45 bits per heavy atom. The Kier molecular flexibility index (Phi) is 5.01. The lowest BCUT2D eigenvalue weighted by Crippen LogP contribution is -2.37. The van der Waals surface area contributed by atoms with Gasteiger partial charge < -0.3 is 15.8 Å². The first-order valence-corrected chi connectivity index (χ1v) is 10.5. The van der Waals surface area contributed by atoms with Crippen LogP contribution in [0, 0.1) is 11.2 Å². The zero-order chi connectivity index (χ0) is 23.0. The third-order valence-electron chi connectivity index (χ3n) is 6.03. The van der Waals surface area contributed by atoms with Gasteiger partial charge in [0.25, 0.3) is 0 Å². The van der Waals surface area contributed by atoms with Gasteiger partial charge in [-0.2, -0.15) is 0 Å². The maximum atomic E-state index is 13.1. The molecule has 1 aromatic heterocycles. The van der Waals surface area contributed by atoms with Crippen molar-refractivity contribution in [3.63, 3.8) is 0 Å². The van der Waals surface area contributed by atoms with Gasteiger partial charge in [-0.3, -0.25) is 14.6 Å². The number of hydrogen-bond donors (Lipinski definition) is 2. The molecule has 7 heteroatoms. The summed E-state index contributed by atoms with van der Waals surface area (Å²) in [5, 5.41) is 3.58. The minimum absolute atomic E-state index is 0.310. The summed E-state index contributed by atoms with van der Waals surface area (Å²) in [5.41, 5.74) is 6.35. The largest absolute Gasteiger partial charge is 0.457 e. The fraction of sp³-hybridized carbons (Fsp3) is 0.115. The predicted octanol–water partition coefficient (Wildman–Crippen LogP) is 4.76. The highest BCUT2D eigenvalue weighted by Gasteiger charge is 2.65. The molecule has 2 amide bonds. The molecular weight excluding hydrogens is 421 g/mol. The van der Waals surface area contributed by atoms with Crippen molar-refractivity contribution in [2.45, 2.75) is 12.3 Å². The Balaban J connectivity index is 1.34. The Morgan fingerprint density at radius 2 is 1.73 bits per heavy atom. The zero-order valence-electron chi connectivity index (χ0n) is 17.5. The molecule has 1 saturated carbocycles. The topological polar surface area (TPSA) is 94.3 Å². The number of rotatable bonds is 6. The van der Waals surface area contributed by atoms with Gasteiger partial charge in [-0.15, -0.1) is 0 Å². The number of halogens is 1. The molecule has 4 aromatic rings. The van der Waals surface area contributed by atoms with Crippen LogP contribution in [0.2, 0.25) is 0 Å². The van der Waals surface area contributed by atoms with Crippen LogP contribution < -0.4 is 15.8 Å². The molecule has 0 spiro atoms. The summed E-state index contributed by atoms with van der Waals surface area (Å²) in [7, 11) is 0.